The normalized spacial score (nSPS) is 12.3. The smallest absolute Gasteiger partial charge is 0.237 e. The SMILES string of the molecule is CCC(Sc1nnnn1-c1ccccc1)C(=O)Nc1ccc2c(c1)c1ccccc1n2CC. The predicted molar refractivity (Wildman–Crippen MR) is 133 cm³/mol. The van der Waals surface area contributed by atoms with Gasteiger partial charge in [-0.05, 0) is 60.2 Å². The molecule has 33 heavy (non-hydrogen) atoms. The fourth-order valence-corrected chi connectivity index (χ4v) is 5.04. The Labute approximate surface area is 195 Å². The van der Waals surface area contributed by atoms with Gasteiger partial charge in [-0.1, -0.05) is 55.1 Å². The van der Waals surface area contributed by atoms with Crippen molar-refractivity contribution >= 4 is 45.2 Å². The standard InChI is InChI=1S/C25H24N6OS/c1-3-23(33-25-27-28-29-31(25)18-10-6-5-7-11-18)24(32)26-17-14-15-22-20(16-17)19-12-8-9-13-21(19)30(22)4-2/h5-16,23H,3-4H2,1-2H3,(H,26,32). The fourth-order valence-electron chi connectivity index (χ4n) is 4.13. The zero-order chi connectivity index (χ0) is 22.8. The topological polar surface area (TPSA) is 77.6 Å². The first kappa shape index (κ1) is 21.2. The average molecular weight is 457 g/mol. The van der Waals surface area contributed by atoms with Crippen LogP contribution in [0.5, 0.6) is 0 Å². The number of thioether (sulfide) groups is 1. The number of hydrogen-bond acceptors (Lipinski definition) is 5. The van der Waals surface area contributed by atoms with Gasteiger partial charge in [0.25, 0.3) is 0 Å². The van der Waals surface area contributed by atoms with E-state index < -0.39 is 0 Å². The van der Waals surface area contributed by atoms with E-state index in [9.17, 15) is 4.79 Å². The van der Waals surface area contributed by atoms with Gasteiger partial charge in [0.2, 0.25) is 11.1 Å². The summed E-state index contributed by atoms with van der Waals surface area (Å²) in [6.07, 6.45) is 0.648. The van der Waals surface area contributed by atoms with Gasteiger partial charge in [0.05, 0.1) is 10.9 Å². The zero-order valence-electron chi connectivity index (χ0n) is 18.5. The summed E-state index contributed by atoms with van der Waals surface area (Å²) in [5.74, 6) is -0.0660. The molecule has 0 radical (unpaired) electrons. The van der Waals surface area contributed by atoms with E-state index in [4.69, 9.17) is 0 Å². The van der Waals surface area contributed by atoms with Gasteiger partial charge >= 0.3 is 0 Å². The number of nitrogens with zero attached hydrogens (tertiary/aromatic N) is 5. The number of tetrazole rings is 1. The molecule has 0 saturated heterocycles. The molecule has 2 heterocycles. The van der Waals surface area contributed by atoms with Crippen LogP contribution in [-0.2, 0) is 11.3 Å². The van der Waals surface area contributed by atoms with Crippen molar-refractivity contribution in [2.45, 2.75) is 37.2 Å². The molecule has 0 bridgehead atoms. The van der Waals surface area contributed by atoms with Crippen LogP contribution in [-0.4, -0.2) is 35.9 Å². The summed E-state index contributed by atoms with van der Waals surface area (Å²) in [6.45, 7) is 5.03. The van der Waals surface area contributed by atoms with Crippen LogP contribution in [0.1, 0.15) is 20.3 Å². The average Bonchev–Trinajstić information content (AvgIpc) is 3.45. The minimum Gasteiger partial charge on any atom is -0.341 e. The van der Waals surface area contributed by atoms with E-state index in [0.29, 0.717) is 11.6 Å². The van der Waals surface area contributed by atoms with Crippen molar-refractivity contribution in [2.75, 3.05) is 5.32 Å². The third-order valence-corrected chi connectivity index (χ3v) is 7.01. The molecule has 0 aliphatic heterocycles. The minimum absolute atomic E-state index is 0.0660. The van der Waals surface area contributed by atoms with Gasteiger partial charge in [-0.25, -0.2) is 0 Å². The van der Waals surface area contributed by atoms with Crippen LogP contribution in [0.4, 0.5) is 5.69 Å². The Morgan fingerprint density at radius 2 is 1.73 bits per heavy atom. The highest BCUT2D eigenvalue weighted by atomic mass is 32.2. The summed E-state index contributed by atoms with van der Waals surface area (Å²) in [4.78, 5) is 13.2. The van der Waals surface area contributed by atoms with Gasteiger partial charge in [-0.15, -0.1) is 5.10 Å². The van der Waals surface area contributed by atoms with Crippen molar-refractivity contribution in [2.24, 2.45) is 0 Å². The number of carbonyl (C=O) groups excluding carboxylic acids is 1. The lowest BCUT2D eigenvalue weighted by molar-refractivity contribution is -0.115. The van der Waals surface area contributed by atoms with Crippen LogP contribution in [0.2, 0.25) is 0 Å². The quantitative estimate of drug-likeness (QED) is 0.336. The van der Waals surface area contributed by atoms with Gasteiger partial charge in [-0.2, -0.15) is 4.68 Å². The molecule has 5 rings (SSSR count). The van der Waals surface area contributed by atoms with Crippen molar-refractivity contribution in [3.05, 3.63) is 72.8 Å². The van der Waals surface area contributed by atoms with Crippen molar-refractivity contribution in [1.82, 2.24) is 24.8 Å². The van der Waals surface area contributed by atoms with E-state index in [2.05, 4.69) is 62.7 Å². The highest BCUT2D eigenvalue weighted by molar-refractivity contribution is 8.00. The number of para-hydroxylation sites is 2. The lowest BCUT2D eigenvalue weighted by Crippen LogP contribution is -2.25. The van der Waals surface area contributed by atoms with Gasteiger partial charge < -0.3 is 9.88 Å². The van der Waals surface area contributed by atoms with Gasteiger partial charge in [0.15, 0.2) is 0 Å². The lowest BCUT2D eigenvalue weighted by Gasteiger charge is -2.14. The number of carbonyl (C=O) groups is 1. The van der Waals surface area contributed by atoms with Gasteiger partial charge in [-0.3, -0.25) is 4.79 Å². The molecule has 3 aromatic carbocycles. The molecule has 8 heteroatoms. The first-order valence-corrected chi connectivity index (χ1v) is 11.9. The van der Waals surface area contributed by atoms with Crippen molar-refractivity contribution in [3.8, 4) is 5.69 Å². The minimum atomic E-state index is -0.328. The number of anilines is 1. The summed E-state index contributed by atoms with van der Waals surface area (Å²) in [5.41, 5.74) is 4.01. The van der Waals surface area contributed by atoms with E-state index in [0.717, 1.165) is 23.3 Å². The molecule has 0 aliphatic carbocycles. The molecular formula is C25H24N6OS. The van der Waals surface area contributed by atoms with Crippen LogP contribution in [0.25, 0.3) is 27.5 Å². The summed E-state index contributed by atoms with van der Waals surface area (Å²) < 4.78 is 3.96. The van der Waals surface area contributed by atoms with Crippen LogP contribution in [0.15, 0.2) is 78.0 Å². The number of rotatable bonds is 7. The molecule has 1 atom stereocenters. The van der Waals surface area contributed by atoms with Gasteiger partial charge in [0, 0.05) is 34.0 Å². The fraction of sp³-hybridized carbons (Fsp3) is 0.200. The summed E-state index contributed by atoms with van der Waals surface area (Å²) in [5, 5.41) is 17.7. The first-order chi connectivity index (χ1) is 16.2. The second-order valence-corrected chi connectivity index (χ2v) is 8.88. The maximum atomic E-state index is 13.2. The molecule has 1 N–H and O–H groups in total. The number of fused-ring (bicyclic) bond motifs is 3. The Morgan fingerprint density at radius 1 is 0.970 bits per heavy atom. The number of hydrogen-bond donors (Lipinski definition) is 1. The monoisotopic (exact) mass is 456 g/mol. The highest BCUT2D eigenvalue weighted by Gasteiger charge is 2.22. The molecule has 0 saturated carbocycles. The second-order valence-electron chi connectivity index (χ2n) is 7.71. The van der Waals surface area contributed by atoms with E-state index in [1.165, 1.54) is 28.2 Å². The van der Waals surface area contributed by atoms with Gasteiger partial charge in [0.1, 0.15) is 0 Å². The van der Waals surface area contributed by atoms with E-state index in [-0.39, 0.29) is 11.2 Å². The van der Waals surface area contributed by atoms with Crippen molar-refractivity contribution < 1.29 is 4.79 Å². The third-order valence-electron chi connectivity index (χ3n) is 5.71. The molecule has 5 aromatic rings. The van der Waals surface area contributed by atoms with E-state index in [1.54, 1.807) is 4.68 Å². The second kappa shape index (κ2) is 9.07. The Kier molecular flexibility index (Phi) is 5.83. The van der Waals surface area contributed by atoms with Crippen molar-refractivity contribution in [3.63, 3.8) is 0 Å². The Balaban J connectivity index is 1.40. The maximum Gasteiger partial charge on any atom is 0.237 e. The lowest BCUT2D eigenvalue weighted by atomic mass is 10.1. The maximum absolute atomic E-state index is 13.2. The molecule has 1 amide bonds. The summed E-state index contributed by atoms with van der Waals surface area (Å²) >= 11 is 1.37. The molecule has 1 unspecified atom stereocenters. The largest absolute Gasteiger partial charge is 0.341 e. The molecule has 7 nitrogen and oxygen atoms in total. The molecule has 2 aromatic heterocycles. The predicted octanol–water partition coefficient (Wildman–Crippen LogP) is 5.30. The Bertz CT molecular complexity index is 1430. The molecule has 0 spiro atoms. The molecular weight excluding hydrogens is 432 g/mol. The van der Waals surface area contributed by atoms with E-state index >= 15 is 0 Å². The van der Waals surface area contributed by atoms with Crippen molar-refractivity contribution in [1.29, 1.82) is 0 Å². The third kappa shape index (κ3) is 3.98. The number of nitrogens with one attached hydrogen (secondary N) is 1. The number of aromatic nitrogens is 5. The molecule has 0 fully saturated rings. The Morgan fingerprint density at radius 3 is 2.52 bits per heavy atom. The van der Waals surface area contributed by atoms with Crippen LogP contribution in [0, 0.1) is 0 Å². The number of benzene rings is 3. The number of aryl methyl sites for hydroxylation is 1. The number of amides is 1. The van der Waals surface area contributed by atoms with Crippen LogP contribution >= 0.6 is 11.8 Å². The zero-order valence-corrected chi connectivity index (χ0v) is 19.3. The van der Waals surface area contributed by atoms with E-state index in [1.807, 2.05) is 49.4 Å². The molecule has 0 aliphatic rings. The summed E-state index contributed by atoms with van der Waals surface area (Å²) in [7, 11) is 0. The first-order valence-electron chi connectivity index (χ1n) is 11.0. The van der Waals surface area contributed by atoms with Crippen LogP contribution < -0.4 is 5.32 Å². The Hall–Kier alpha value is -3.65. The summed E-state index contributed by atoms with van der Waals surface area (Å²) in [6, 6.07) is 24.2. The highest BCUT2D eigenvalue weighted by Crippen LogP contribution is 2.32. The molecule has 166 valence electrons. The van der Waals surface area contributed by atoms with Crippen LogP contribution in [0.3, 0.4) is 0 Å².